The maximum absolute atomic E-state index is 13.0. The van der Waals surface area contributed by atoms with Gasteiger partial charge >= 0.3 is 12.8 Å². The Kier molecular flexibility index (Phi) is 3.63. The first-order valence-corrected chi connectivity index (χ1v) is 6.31. The van der Waals surface area contributed by atoms with E-state index in [1.165, 1.54) is 18.3 Å². The molecule has 0 aliphatic heterocycles. The molecular weight excluding hydrogens is 321 g/mol. The lowest BCUT2D eigenvalue weighted by Crippen LogP contribution is -2.06. The number of hydrogen-bond acceptors (Lipinski definition) is 3. The predicted molar refractivity (Wildman–Crippen MR) is 71.0 cm³/mol. The number of rotatable bonds is 3. The van der Waals surface area contributed by atoms with Crippen LogP contribution in [0.25, 0.3) is 22.2 Å². The van der Waals surface area contributed by atoms with Crippen molar-refractivity contribution in [3.8, 4) is 17.1 Å². The number of hydrogen-bond donors (Lipinski definition) is 1. The molecule has 0 atom stereocenters. The second kappa shape index (κ2) is 5.49. The average molecular weight is 329 g/mol. The van der Waals surface area contributed by atoms with Crippen molar-refractivity contribution < 1.29 is 26.7 Å². The normalized spacial score (nSPS) is 12.1. The Morgan fingerprint density at radius 3 is 2.43 bits per heavy atom. The van der Waals surface area contributed by atoms with E-state index in [1.54, 1.807) is 0 Å². The maximum Gasteiger partial charge on any atom is 0.418 e. The molecule has 0 fully saturated rings. The van der Waals surface area contributed by atoms with Crippen LogP contribution in [0.15, 0.2) is 36.8 Å². The number of H-pyrrole nitrogens is 1. The van der Waals surface area contributed by atoms with Gasteiger partial charge in [-0.25, -0.2) is 9.97 Å². The van der Waals surface area contributed by atoms with Gasteiger partial charge < -0.3 is 9.72 Å². The van der Waals surface area contributed by atoms with Gasteiger partial charge in [-0.1, -0.05) is 6.07 Å². The monoisotopic (exact) mass is 329 g/mol. The van der Waals surface area contributed by atoms with Crippen molar-refractivity contribution in [3.05, 3.63) is 42.4 Å². The molecule has 0 radical (unpaired) electrons. The van der Waals surface area contributed by atoms with Gasteiger partial charge in [0, 0.05) is 17.1 Å². The summed E-state index contributed by atoms with van der Waals surface area (Å²) < 4.78 is 67.1. The molecular formula is C14H8F5N3O. The van der Waals surface area contributed by atoms with Gasteiger partial charge in [-0.3, -0.25) is 0 Å². The Labute approximate surface area is 125 Å². The quantitative estimate of drug-likeness (QED) is 0.731. The lowest BCUT2D eigenvalue weighted by molar-refractivity contribution is -0.136. The minimum absolute atomic E-state index is 0.0790. The van der Waals surface area contributed by atoms with Gasteiger partial charge in [-0.2, -0.15) is 22.0 Å². The second-order valence-electron chi connectivity index (χ2n) is 4.54. The average Bonchev–Trinajstić information content (AvgIpc) is 2.94. The van der Waals surface area contributed by atoms with Crippen LogP contribution < -0.4 is 4.74 Å². The molecule has 23 heavy (non-hydrogen) atoms. The summed E-state index contributed by atoms with van der Waals surface area (Å²) in [6, 6.07) is 3.67. The van der Waals surface area contributed by atoms with E-state index in [0.717, 1.165) is 18.5 Å². The lowest BCUT2D eigenvalue weighted by atomic mass is 10.0. The van der Waals surface area contributed by atoms with Crippen LogP contribution in [-0.4, -0.2) is 21.6 Å². The maximum atomic E-state index is 13.0. The van der Waals surface area contributed by atoms with Crippen LogP contribution in [-0.2, 0) is 6.18 Å². The summed E-state index contributed by atoms with van der Waals surface area (Å²) in [4.78, 5) is 10.1. The molecule has 0 saturated heterocycles. The van der Waals surface area contributed by atoms with E-state index in [0.29, 0.717) is 10.9 Å². The summed E-state index contributed by atoms with van der Waals surface area (Å²) in [7, 11) is 0. The van der Waals surface area contributed by atoms with Crippen LogP contribution in [0.5, 0.6) is 5.88 Å². The standard InChI is InChI=1S/C14H8F5N3O/c15-13(16)23-11-6-21-10(5-22-11)7-1-2-9(14(17,18)19)12-8(7)3-4-20-12/h1-6,13,20H. The number of aromatic nitrogens is 3. The van der Waals surface area contributed by atoms with Crippen molar-refractivity contribution in [2.24, 2.45) is 0 Å². The minimum Gasteiger partial charge on any atom is -0.415 e. The summed E-state index contributed by atoms with van der Waals surface area (Å²) in [5.41, 5.74) is -0.244. The number of fused-ring (bicyclic) bond motifs is 1. The van der Waals surface area contributed by atoms with Gasteiger partial charge in [0.2, 0.25) is 5.88 Å². The Bertz CT molecular complexity index is 827. The Morgan fingerprint density at radius 1 is 1.04 bits per heavy atom. The third-order valence-corrected chi connectivity index (χ3v) is 3.14. The first-order valence-electron chi connectivity index (χ1n) is 6.31. The van der Waals surface area contributed by atoms with E-state index in [9.17, 15) is 22.0 Å². The number of benzene rings is 1. The molecule has 1 N–H and O–H groups in total. The van der Waals surface area contributed by atoms with Crippen LogP contribution in [0.3, 0.4) is 0 Å². The third kappa shape index (κ3) is 2.94. The Morgan fingerprint density at radius 2 is 1.83 bits per heavy atom. The summed E-state index contributed by atoms with van der Waals surface area (Å²) >= 11 is 0. The zero-order valence-electron chi connectivity index (χ0n) is 11.2. The molecule has 2 heterocycles. The molecule has 9 heteroatoms. The molecule has 0 aliphatic rings. The van der Waals surface area contributed by atoms with Crippen molar-refractivity contribution in [1.29, 1.82) is 0 Å². The number of ether oxygens (including phenoxy) is 1. The van der Waals surface area contributed by atoms with Gasteiger partial charge in [-0.15, -0.1) is 0 Å². The van der Waals surface area contributed by atoms with Crippen LogP contribution in [0.4, 0.5) is 22.0 Å². The van der Waals surface area contributed by atoms with Crippen LogP contribution in [0, 0.1) is 0 Å². The van der Waals surface area contributed by atoms with E-state index in [4.69, 9.17) is 0 Å². The molecule has 0 amide bonds. The van der Waals surface area contributed by atoms with Gasteiger partial charge in [0.15, 0.2) is 0 Å². The van der Waals surface area contributed by atoms with Crippen LogP contribution in [0.2, 0.25) is 0 Å². The molecule has 3 rings (SSSR count). The summed E-state index contributed by atoms with van der Waals surface area (Å²) in [5, 5.41) is 0.302. The molecule has 120 valence electrons. The topological polar surface area (TPSA) is 50.8 Å². The minimum atomic E-state index is -4.50. The summed E-state index contributed by atoms with van der Waals surface area (Å²) in [5.74, 6) is -0.374. The van der Waals surface area contributed by atoms with Crippen LogP contribution >= 0.6 is 0 Å². The van der Waals surface area contributed by atoms with Crippen molar-refractivity contribution in [2.45, 2.75) is 12.8 Å². The number of nitrogens with zero attached hydrogens (tertiary/aromatic N) is 2. The first-order chi connectivity index (χ1) is 10.9. The highest BCUT2D eigenvalue weighted by molar-refractivity contribution is 5.96. The Balaban J connectivity index is 2.06. The lowest BCUT2D eigenvalue weighted by Gasteiger charge is -2.11. The highest BCUT2D eigenvalue weighted by atomic mass is 19.4. The molecule has 4 nitrogen and oxygen atoms in total. The fourth-order valence-corrected chi connectivity index (χ4v) is 2.22. The number of alkyl halides is 5. The third-order valence-electron chi connectivity index (χ3n) is 3.14. The van der Waals surface area contributed by atoms with Gasteiger partial charge in [-0.05, 0) is 12.1 Å². The van der Waals surface area contributed by atoms with Gasteiger partial charge in [0.05, 0.1) is 29.2 Å². The smallest absolute Gasteiger partial charge is 0.415 e. The number of aromatic amines is 1. The molecule has 2 aromatic heterocycles. The zero-order valence-corrected chi connectivity index (χ0v) is 11.2. The zero-order chi connectivity index (χ0) is 16.6. The van der Waals surface area contributed by atoms with Gasteiger partial charge in [0.1, 0.15) is 0 Å². The van der Waals surface area contributed by atoms with Crippen molar-refractivity contribution >= 4 is 10.9 Å². The molecule has 0 aliphatic carbocycles. The van der Waals surface area contributed by atoms with E-state index in [2.05, 4.69) is 19.7 Å². The molecule has 1 aromatic carbocycles. The fraction of sp³-hybridized carbons (Fsp3) is 0.143. The molecule has 3 aromatic rings. The van der Waals surface area contributed by atoms with Gasteiger partial charge in [0.25, 0.3) is 0 Å². The second-order valence-corrected chi connectivity index (χ2v) is 4.54. The fourth-order valence-electron chi connectivity index (χ4n) is 2.22. The van der Waals surface area contributed by atoms with Crippen molar-refractivity contribution in [1.82, 2.24) is 15.0 Å². The van der Waals surface area contributed by atoms with E-state index < -0.39 is 18.4 Å². The molecule has 0 unspecified atom stereocenters. The van der Waals surface area contributed by atoms with E-state index >= 15 is 0 Å². The predicted octanol–water partition coefficient (Wildman–Crippen LogP) is 4.25. The highest BCUT2D eigenvalue weighted by Gasteiger charge is 2.33. The van der Waals surface area contributed by atoms with Crippen LogP contribution in [0.1, 0.15) is 5.56 Å². The number of nitrogens with one attached hydrogen (secondary N) is 1. The largest absolute Gasteiger partial charge is 0.418 e. The summed E-state index contributed by atoms with van der Waals surface area (Å²) in [6.45, 7) is -3.03. The Hall–Kier alpha value is -2.71. The SMILES string of the molecule is FC(F)Oc1cnc(-c2ccc(C(F)(F)F)c3[nH]ccc23)cn1. The molecule has 0 saturated carbocycles. The van der Waals surface area contributed by atoms with E-state index in [-0.39, 0.29) is 17.1 Å². The molecule has 0 bridgehead atoms. The van der Waals surface area contributed by atoms with E-state index in [1.807, 2.05) is 0 Å². The van der Waals surface area contributed by atoms with Crippen molar-refractivity contribution in [2.75, 3.05) is 0 Å². The number of halogens is 5. The summed E-state index contributed by atoms with van der Waals surface area (Å²) in [6.07, 6.45) is -0.974. The molecule has 0 spiro atoms. The highest BCUT2D eigenvalue weighted by Crippen LogP contribution is 2.37. The van der Waals surface area contributed by atoms with Crippen molar-refractivity contribution in [3.63, 3.8) is 0 Å². The first kappa shape index (κ1) is 15.2.